The number of halogens is 1. The lowest BCUT2D eigenvalue weighted by molar-refractivity contribution is 0.409. The number of benzene rings is 1. The van der Waals surface area contributed by atoms with Crippen LogP contribution in [-0.4, -0.2) is 7.11 Å². The molecule has 1 nitrogen and oxygen atoms in total. The SMILES string of the molecule is CCC1=CCCc2c(OC)ccc(Cl)c21. The number of rotatable bonds is 2. The van der Waals surface area contributed by atoms with E-state index in [1.165, 1.54) is 16.7 Å². The average Bonchev–Trinajstić information content (AvgIpc) is 2.29. The predicted octanol–water partition coefficient (Wildman–Crippen LogP) is 4.09. The van der Waals surface area contributed by atoms with Crippen molar-refractivity contribution in [2.24, 2.45) is 0 Å². The molecule has 1 aliphatic carbocycles. The lowest BCUT2D eigenvalue weighted by atomic mass is 9.89. The van der Waals surface area contributed by atoms with Gasteiger partial charge >= 0.3 is 0 Å². The van der Waals surface area contributed by atoms with Gasteiger partial charge in [-0.25, -0.2) is 0 Å². The summed E-state index contributed by atoms with van der Waals surface area (Å²) in [5.41, 5.74) is 3.81. The second-order valence-electron chi connectivity index (χ2n) is 3.72. The van der Waals surface area contributed by atoms with Crippen LogP contribution >= 0.6 is 11.6 Å². The quantitative estimate of drug-likeness (QED) is 0.733. The summed E-state index contributed by atoms with van der Waals surface area (Å²) in [4.78, 5) is 0. The standard InChI is InChI=1S/C13H15ClO/c1-3-9-5-4-6-10-12(15-2)8-7-11(14)13(9)10/h5,7-8H,3-4,6H2,1-2H3. The summed E-state index contributed by atoms with van der Waals surface area (Å²) >= 11 is 6.25. The number of hydrogen-bond donors (Lipinski definition) is 0. The summed E-state index contributed by atoms with van der Waals surface area (Å²) in [5, 5.41) is 0.846. The largest absolute Gasteiger partial charge is 0.496 e. The minimum Gasteiger partial charge on any atom is -0.496 e. The third kappa shape index (κ3) is 1.76. The Balaban J connectivity index is 2.61. The lowest BCUT2D eigenvalue weighted by Crippen LogP contribution is -2.03. The highest BCUT2D eigenvalue weighted by Gasteiger charge is 2.18. The van der Waals surface area contributed by atoms with Crippen molar-refractivity contribution >= 4 is 17.2 Å². The molecule has 0 saturated heterocycles. The highest BCUT2D eigenvalue weighted by Crippen LogP contribution is 2.38. The van der Waals surface area contributed by atoms with E-state index in [2.05, 4.69) is 13.0 Å². The maximum atomic E-state index is 6.25. The van der Waals surface area contributed by atoms with Crippen LogP contribution in [0.25, 0.3) is 5.57 Å². The van der Waals surface area contributed by atoms with Crippen molar-refractivity contribution in [3.05, 3.63) is 34.4 Å². The van der Waals surface area contributed by atoms with Crippen LogP contribution in [0, 0.1) is 0 Å². The van der Waals surface area contributed by atoms with E-state index in [4.69, 9.17) is 16.3 Å². The normalized spacial score (nSPS) is 14.5. The van der Waals surface area contributed by atoms with Crippen LogP contribution in [0.5, 0.6) is 5.75 Å². The molecule has 2 rings (SSSR count). The van der Waals surface area contributed by atoms with Crippen molar-refractivity contribution in [3.63, 3.8) is 0 Å². The highest BCUT2D eigenvalue weighted by atomic mass is 35.5. The van der Waals surface area contributed by atoms with Crippen LogP contribution in [0.15, 0.2) is 18.2 Å². The van der Waals surface area contributed by atoms with E-state index in [-0.39, 0.29) is 0 Å². The average molecular weight is 223 g/mol. The van der Waals surface area contributed by atoms with Gasteiger partial charge in [-0.2, -0.15) is 0 Å². The van der Waals surface area contributed by atoms with Gasteiger partial charge in [0.05, 0.1) is 7.11 Å². The molecule has 1 aromatic carbocycles. The summed E-state index contributed by atoms with van der Waals surface area (Å²) in [5.74, 6) is 0.966. The first kappa shape index (κ1) is 10.6. The van der Waals surface area contributed by atoms with Gasteiger partial charge in [-0.3, -0.25) is 0 Å². The van der Waals surface area contributed by atoms with E-state index in [0.717, 1.165) is 30.0 Å². The van der Waals surface area contributed by atoms with Crippen LogP contribution in [-0.2, 0) is 6.42 Å². The van der Waals surface area contributed by atoms with Gasteiger partial charge < -0.3 is 4.74 Å². The molecule has 0 aliphatic heterocycles. The Morgan fingerprint density at radius 2 is 2.20 bits per heavy atom. The van der Waals surface area contributed by atoms with Crippen molar-refractivity contribution in [2.75, 3.05) is 7.11 Å². The molecule has 0 aromatic heterocycles. The minimum absolute atomic E-state index is 0.846. The molecule has 0 heterocycles. The number of hydrogen-bond acceptors (Lipinski definition) is 1. The van der Waals surface area contributed by atoms with Crippen LogP contribution in [0.4, 0.5) is 0 Å². The summed E-state index contributed by atoms with van der Waals surface area (Å²) in [7, 11) is 1.72. The Morgan fingerprint density at radius 1 is 1.40 bits per heavy atom. The molecular formula is C13H15ClO. The van der Waals surface area contributed by atoms with E-state index in [1.807, 2.05) is 12.1 Å². The summed E-state index contributed by atoms with van der Waals surface area (Å²) in [6.45, 7) is 2.16. The van der Waals surface area contributed by atoms with Crippen LogP contribution in [0.2, 0.25) is 5.02 Å². The third-order valence-corrected chi connectivity index (χ3v) is 3.24. The van der Waals surface area contributed by atoms with Gasteiger partial charge in [-0.05, 0) is 37.0 Å². The van der Waals surface area contributed by atoms with Gasteiger partial charge in [0.25, 0.3) is 0 Å². The highest BCUT2D eigenvalue weighted by molar-refractivity contribution is 6.32. The van der Waals surface area contributed by atoms with E-state index < -0.39 is 0 Å². The predicted molar refractivity (Wildman–Crippen MR) is 64.6 cm³/mol. The molecule has 0 unspecified atom stereocenters. The molecule has 0 amide bonds. The maximum absolute atomic E-state index is 6.25. The molecule has 80 valence electrons. The van der Waals surface area contributed by atoms with Gasteiger partial charge in [-0.15, -0.1) is 0 Å². The first-order chi connectivity index (χ1) is 7.27. The minimum atomic E-state index is 0.846. The van der Waals surface area contributed by atoms with E-state index in [9.17, 15) is 0 Å². The molecule has 1 aliphatic rings. The molecule has 1 aromatic rings. The van der Waals surface area contributed by atoms with Gasteiger partial charge in [0.1, 0.15) is 5.75 Å². The molecule has 0 spiro atoms. The zero-order valence-electron chi connectivity index (χ0n) is 9.14. The Kier molecular flexibility index (Phi) is 3.01. The topological polar surface area (TPSA) is 9.23 Å². The van der Waals surface area contributed by atoms with Gasteiger partial charge in [0.2, 0.25) is 0 Å². The fourth-order valence-electron chi connectivity index (χ4n) is 2.20. The van der Waals surface area contributed by atoms with Gasteiger partial charge in [0.15, 0.2) is 0 Å². The fraction of sp³-hybridized carbons (Fsp3) is 0.385. The van der Waals surface area contributed by atoms with Gasteiger partial charge in [-0.1, -0.05) is 24.6 Å². The lowest BCUT2D eigenvalue weighted by Gasteiger charge is -2.20. The smallest absolute Gasteiger partial charge is 0.122 e. The van der Waals surface area contributed by atoms with E-state index in [1.54, 1.807) is 7.11 Å². The molecule has 0 saturated carbocycles. The number of methoxy groups -OCH3 is 1. The second kappa shape index (κ2) is 4.28. The number of fused-ring (bicyclic) bond motifs is 1. The molecule has 2 heteroatoms. The zero-order valence-corrected chi connectivity index (χ0v) is 9.90. The second-order valence-corrected chi connectivity index (χ2v) is 4.13. The van der Waals surface area contributed by atoms with Crippen molar-refractivity contribution in [3.8, 4) is 5.75 Å². The fourth-order valence-corrected chi connectivity index (χ4v) is 2.50. The van der Waals surface area contributed by atoms with Crippen LogP contribution in [0.3, 0.4) is 0 Å². The monoisotopic (exact) mass is 222 g/mol. The first-order valence-electron chi connectivity index (χ1n) is 5.32. The maximum Gasteiger partial charge on any atom is 0.122 e. The Morgan fingerprint density at radius 3 is 2.87 bits per heavy atom. The third-order valence-electron chi connectivity index (χ3n) is 2.93. The van der Waals surface area contributed by atoms with Crippen molar-refractivity contribution in [1.82, 2.24) is 0 Å². The molecule has 0 N–H and O–H groups in total. The van der Waals surface area contributed by atoms with E-state index in [0.29, 0.717) is 0 Å². The van der Waals surface area contributed by atoms with Crippen LogP contribution in [0.1, 0.15) is 30.9 Å². The molecule has 0 radical (unpaired) electrons. The van der Waals surface area contributed by atoms with E-state index >= 15 is 0 Å². The Bertz CT molecular complexity index is 407. The summed E-state index contributed by atoms with van der Waals surface area (Å²) in [6, 6.07) is 3.88. The number of ether oxygens (including phenoxy) is 1. The summed E-state index contributed by atoms with van der Waals surface area (Å²) < 4.78 is 5.37. The molecular weight excluding hydrogens is 208 g/mol. The van der Waals surface area contributed by atoms with Gasteiger partial charge in [0, 0.05) is 16.1 Å². The van der Waals surface area contributed by atoms with Crippen molar-refractivity contribution in [2.45, 2.75) is 26.2 Å². The molecule has 0 fully saturated rings. The zero-order chi connectivity index (χ0) is 10.8. The van der Waals surface area contributed by atoms with Crippen LogP contribution < -0.4 is 4.74 Å². The Labute approximate surface area is 95.7 Å². The Hall–Kier alpha value is -0.950. The van der Waals surface area contributed by atoms with Crippen molar-refractivity contribution < 1.29 is 4.74 Å². The number of allylic oxidation sites excluding steroid dienone is 2. The molecule has 0 bridgehead atoms. The molecule has 0 atom stereocenters. The first-order valence-corrected chi connectivity index (χ1v) is 5.70. The van der Waals surface area contributed by atoms with Crippen molar-refractivity contribution in [1.29, 1.82) is 0 Å². The summed E-state index contributed by atoms with van der Waals surface area (Å²) in [6.07, 6.45) is 5.43. The molecule has 15 heavy (non-hydrogen) atoms.